The molecule has 0 saturated carbocycles. The van der Waals surface area contributed by atoms with Gasteiger partial charge in [-0.05, 0) is 31.4 Å². The van der Waals surface area contributed by atoms with Crippen LogP contribution in [0.15, 0.2) is 11.2 Å². The SMILES string of the molecule is COCCN(CC(C)C)c1nc(C)cc(C)c1C(N)=NO. The maximum Gasteiger partial charge on any atom is 0.174 e. The first-order valence-corrected chi connectivity index (χ1v) is 7.10. The van der Waals surface area contributed by atoms with Gasteiger partial charge in [-0.15, -0.1) is 0 Å². The number of ether oxygens (including phenoxy) is 1. The third kappa shape index (κ3) is 4.60. The van der Waals surface area contributed by atoms with Crippen LogP contribution in [0.3, 0.4) is 0 Å². The standard InChI is InChI=1S/C15H26N4O2/c1-10(2)9-19(6-7-21-5)15-13(14(16)18-20)11(3)8-12(4)17-15/h8,10,20H,6-7,9H2,1-5H3,(H2,16,18). The largest absolute Gasteiger partial charge is 0.409 e. The number of amidine groups is 1. The Balaban J connectivity index is 3.33. The summed E-state index contributed by atoms with van der Waals surface area (Å²) in [7, 11) is 1.67. The number of anilines is 1. The molecule has 1 rings (SSSR count). The Morgan fingerprint density at radius 2 is 2.14 bits per heavy atom. The monoisotopic (exact) mass is 294 g/mol. The van der Waals surface area contributed by atoms with E-state index >= 15 is 0 Å². The molecule has 0 atom stereocenters. The zero-order valence-corrected chi connectivity index (χ0v) is 13.6. The molecular weight excluding hydrogens is 268 g/mol. The van der Waals surface area contributed by atoms with E-state index in [2.05, 4.69) is 28.9 Å². The first-order chi connectivity index (χ1) is 9.90. The van der Waals surface area contributed by atoms with Crippen molar-refractivity contribution >= 4 is 11.7 Å². The Labute approximate surface area is 126 Å². The lowest BCUT2D eigenvalue weighted by atomic mass is 10.1. The summed E-state index contributed by atoms with van der Waals surface area (Å²) in [6.45, 7) is 10.3. The summed E-state index contributed by atoms with van der Waals surface area (Å²) in [6.07, 6.45) is 0. The van der Waals surface area contributed by atoms with Crippen molar-refractivity contribution in [2.45, 2.75) is 27.7 Å². The number of rotatable bonds is 7. The highest BCUT2D eigenvalue weighted by Gasteiger charge is 2.19. The quantitative estimate of drug-likeness (QED) is 0.347. The van der Waals surface area contributed by atoms with Crippen molar-refractivity contribution in [3.05, 3.63) is 22.9 Å². The van der Waals surface area contributed by atoms with Crippen LogP contribution in [-0.2, 0) is 4.74 Å². The van der Waals surface area contributed by atoms with E-state index in [1.165, 1.54) is 0 Å². The number of nitrogens with zero attached hydrogens (tertiary/aromatic N) is 3. The van der Waals surface area contributed by atoms with E-state index in [-0.39, 0.29) is 5.84 Å². The molecule has 0 saturated heterocycles. The van der Waals surface area contributed by atoms with Crippen LogP contribution >= 0.6 is 0 Å². The fourth-order valence-electron chi connectivity index (χ4n) is 2.34. The van der Waals surface area contributed by atoms with E-state index in [4.69, 9.17) is 15.7 Å². The molecule has 0 unspecified atom stereocenters. The van der Waals surface area contributed by atoms with Gasteiger partial charge in [-0.1, -0.05) is 19.0 Å². The van der Waals surface area contributed by atoms with Gasteiger partial charge in [-0.2, -0.15) is 0 Å². The molecule has 0 aliphatic heterocycles. The Morgan fingerprint density at radius 1 is 1.48 bits per heavy atom. The maximum atomic E-state index is 9.04. The fourth-order valence-corrected chi connectivity index (χ4v) is 2.34. The van der Waals surface area contributed by atoms with Crippen molar-refractivity contribution in [2.24, 2.45) is 16.8 Å². The molecule has 6 nitrogen and oxygen atoms in total. The van der Waals surface area contributed by atoms with Gasteiger partial charge in [0.05, 0.1) is 12.2 Å². The molecular formula is C15H26N4O2. The zero-order chi connectivity index (χ0) is 16.0. The van der Waals surface area contributed by atoms with E-state index < -0.39 is 0 Å². The summed E-state index contributed by atoms with van der Waals surface area (Å²) in [5.41, 5.74) is 8.37. The van der Waals surface area contributed by atoms with Crippen LogP contribution in [0.5, 0.6) is 0 Å². The summed E-state index contributed by atoms with van der Waals surface area (Å²) in [6, 6.07) is 1.93. The number of methoxy groups -OCH3 is 1. The van der Waals surface area contributed by atoms with E-state index in [1.54, 1.807) is 7.11 Å². The normalized spacial score (nSPS) is 12.0. The summed E-state index contributed by atoms with van der Waals surface area (Å²) >= 11 is 0. The topological polar surface area (TPSA) is 84.0 Å². The minimum absolute atomic E-state index is 0.0844. The van der Waals surface area contributed by atoms with Crippen LogP contribution in [0, 0.1) is 19.8 Å². The molecule has 3 N–H and O–H groups in total. The average molecular weight is 294 g/mol. The summed E-state index contributed by atoms with van der Waals surface area (Å²) in [5, 5.41) is 12.2. The summed E-state index contributed by atoms with van der Waals surface area (Å²) < 4.78 is 5.18. The lowest BCUT2D eigenvalue weighted by molar-refractivity contribution is 0.204. The zero-order valence-electron chi connectivity index (χ0n) is 13.6. The van der Waals surface area contributed by atoms with Gasteiger partial charge in [0.25, 0.3) is 0 Å². The Bertz CT molecular complexity index is 501. The third-order valence-electron chi connectivity index (χ3n) is 3.14. The van der Waals surface area contributed by atoms with Gasteiger partial charge >= 0.3 is 0 Å². The molecule has 1 heterocycles. The van der Waals surface area contributed by atoms with Crippen LogP contribution < -0.4 is 10.6 Å². The smallest absolute Gasteiger partial charge is 0.174 e. The lowest BCUT2D eigenvalue weighted by Gasteiger charge is -2.28. The molecule has 0 amide bonds. The molecule has 1 aromatic rings. The minimum Gasteiger partial charge on any atom is -0.409 e. The van der Waals surface area contributed by atoms with Gasteiger partial charge in [0.1, 0.15) is 5.82 Å². The van der Waals surface area contributed by atoms with Gasteiger partial charge in [0.2, 0.25) is 0 Å². The van der Waals surface area contributed by atoms with Crippen LogP contribution in [0.1, 0.15) is 30.7 Å². The van der Waals surface area contributed by atoms with E-state index in [1.807, 2.05) is 19.9 Å². The number of aryl methyl sites for hydroxylation is 2. The predicted octanol–water partition coefficient (Wildman–Crippen LogP) is 1.90. The molecule has 0 aromatic carbocycles. The molecule has 118 valence electrons. The van der Waals surface area contributed by atoms with Crippen molar-refractivity contribution in [2.75, 3.05) is 31.7 Å². The van der Waals surface area contributed by atoms with Crippen molar-refractivity contribution in [1.82, 2.24) is 4.98 Å². The molecule has 0 aliphatic rings. The molecule has 1 aromatic heterocycles. The first-order valence-electron chi connectivity index (χ1n) is 7.10. The van der Waals surface area contributed by atoms with Crippen LogP contribution in [0.4, 0.5) is 5.82 Å². The second kappa shape index (κ2) is 7.83. The highest BCUT2D eigenvalue weighted by molar-refractivity contribution is 6.02. The Morgan fingerprint density at radius 3 is 2.67 bits per heavy atom. The Kier molecular flexibility index (Phi) is 6.42. The molecule has 0 fully saturated rings. The highest BCUT2D eigenvalue weighted by Crippen LogP contribution is 2.23. The van der Waals surface area contributed by atoms with Gasteiger partial charge in [0, 0.05) is 25.9 Å². The van der Waals surface area contributed by atoms with Gasteiger partial charge in [-0.25, -0.2) is 4.98 Å². The van der Waals surface area contributed by atoms with E-state index in [9.17, 15) is 0 Å². The molecule has 6 heteroatoms. The van der Waals surface area contributed by atoms with Crippen LogP contribution in [-0.4, -0.2) is 42.8 Å². The Hall–Kier alpha value is -1.82. The average Bonchev–Trinajstić information content (AvgIpc) is 2.41. The second-order valence-corrected chi connectivity index (χ2v) is 5.60. The van der Waals surface area contributed by atoms with Gasteiger partial charge in [-0.3, -0.25) is 0 Å². The van der Waals surface area contributed by atoms with Gasteiger partial charge < -0.3 is 20.6 Å². The van der Waals surface area contributed by atoms with Crippen LogP contribution in [0.25, 0.3) is 0 Å². The number of nitrogens with two attached hydrogens (primary N) is 1. The van der Waals surface area contributed by atoms with Crippen molar-refractivity contribution in [3.8, 4) is 0 Å². The number of hydrogen-bond acceptors (Lipinski definition) is 5. The minimum atomic E-state index is 0.0844. The molecule has 0 radical (unpaired) electrons. The van der Waals surface area contributed by atoms with E-state index in [0.29, 0.717) is 24.6 Å². The third-order valence-corrected chi connectivity index (χ3v) is 3.14. The van der Waals surface area contributed by atoms with Crippen LogP contribution in [0.2, 0.25) is 0 Å². The van der Waals surface area contributed by atoms with Crippen molar-refractivity contribution in [3.63, 3.8) is 0 Å². The summed E-state index contributed by atoms with van der Waals surface area (Å²) in [4.78, 5) is 6.73. The van der Waals surface area contributed by atoms with E-state index in [0.717, 1.165) is 23.6 Å². The van der Waals surface area contributed by atoms with Gasteiger partial charge in [0.15, 0.2) is 5.84 Å². The highest BCUT2D eigenvalue weighted by atomic mass is 16.5. The van der Waals surface area contributed by atoms with Crippen molar-refractivity contribution < 1.29 is 9.94 Å². The number of hydrogen-bond donors (Lipinski definition) is 2. The number of pyridine rings is 1. The summed E-state index contributed by atoms with van der Waals surface area (Å²) in [5.74, 6) is 1.29. The molecule has 0 spiro atoms. The maximum absolute atomic E-state index is 9.04. The molecule has 0 aliphatic carbocycles. The lowest BCUT2D eigenvalue weighted by Crippen LogP contribution is -2.34. The predicted molar refractivity (Wildman–Crippen MR) is 85.1 cm³/mol. The first kappa shape index (κ1) is 17.2. The fraction of sp³-hybridized carbons (Fsp3) is 0.600. The molecule has 21 heavy (non-hydrogen) atoms. The number of oxime groups is 1. The number of aromatic nitrogens is 1. The van der Waals surface area contributed by atoms with Crippen molar-refractivity contribution in [1.29, 1.82) is 0 Å². The second-order valence-electron chi connectivity index (χ2n) is 5.60. The molecule has 0 bridgehead atoms.